The number of hydrogen-bond donors (Lipinski definition) is 0. The Hall–Kier alpha value is -0.280. The van der Waals surface area contributed by atoms with Crippen molar-refractivity contribution in [2.45, 2.75) is 0 Å². The van der Waals surface area contributed by atoms with E-state index in [-0.39, 0.29) is 0 Å². The van der Waals surface area contributed by atoms with Gasteiger partial charge < -0.3 is 4.90 Å². The van der Waals surface area contributed by atoms with Crippen molar-refractivity contribution in [2.75, 3.05) is 27.2 Å². The van der Waals surface area contributed by atoms with E-state index in [1.54, 1.807) is 0 Å². The molecule has 0 aliphatic carbocycles. The fourth-order valence-corrected chi connectivity index (χ4v) is 0.424. The van der Waals surface area contributed by atoms with Gasteiger partial charge >= 0.3 is 0 Å². The maximum absolute atomic E-state index is 9.89. The van der Waals surface area contributed by atoms with Crippen molar-refractivity contribution in [1.82, 2.24) is 9.32 Å². The van der Waals surface area contributed by atoms with E-state index in [1.807, 2.05) is 19.0 Å². The van der Waals surface area contributed by atoms with Gasteiger partial charge in [-0.3, -0.25) is 9.21 Å². The summed E-state index contributed by atoms with van der Waals surface area (Å²) in [7, 11) is 3.85. The molecular weight excluding hydrogens is 140 g/mol. The van der Waals surface area contributed by atoms with Crippen LogP contribution in [0.2, 0.25) is 0 Å². The maximum atomic E-state index is 9.89. The highest BCUT2D eigenvalue weighted by molar-refractivity contribution is 6.18. The van der Waals surface area contributed by atoms with Crippen molar-refractivity contribution < 1.29 is 4.79 Å². The van der Waals surface area contributed by atoms with Gasteiger partial charge in [0.1, 0.15) is 0 Å². The summed E-state index contributed by atoms with van der Waals surface area (Å²) in [4.78, 5) is 11.9. The summed E-state index contributed by atoms with van der Waals surface area (Å²) in [6.07, 6.45) is 0.602. The first-order valence-electron chi connectivity index (χ1n) is 2.69. The minimum atomic E-state index is 0.568. The Morgan fingerprint density at radius 2 is 2.00 bits per heavy atom. The topological polar surface area (TPSA) is 23.6 Å². The zero-order valence-electron chi connectivity index (χ0n) is 5.67. The third-order valence-electron chi connectivity index (χ3n) is 0.875. The van der Waals surface area contributed by atoms with Gasteiger partial charge in [0.2, 0.25) is 6.41 Å². The largest absolute Gasteiger partial charge is 0.308 e. The van der Waals surface area contributed by atoms with Crippen molar-refractivity contribution in [3.05, 3.63) is 0 Å². The Kier molecular flexibility index (Phi) is 4.44. The van der Waals surface area contributed by atoms with Gasteiger partial charge in [0.05, 0.1) is 6.54 Å². The summed E-state index contributed by atoms with van der Waals surface area (Å²) in [6.45, 7) is 1.36. The van der Waals surface area contributed by atoms with Crippen LogP contribution in [0.3, 0.4) is 0 Å². The molecule has 0 aliphatic rings. The summed E-state index contributed by atoms with van der Waals surface area (Å²) in [5.41, 5.74) is 0. The van der Waals surface area contributed by atoms with Crippen molar-refractivity contribution in [1.29, 1.82) is 0 Å². The Morgan fingerprint density at radius 1 is 1.44 bits per heavy atom. The molecule has 0 aromatic rings. The second-order valence-electron chi connectivity index (χ2n) is 2.03. The standard InChI is InChI=1S/C5H11ClN2O/c1-7(2)3-4-8(6)5-9/h5H,3-4H2,1-2H3. The molecule has 0 atom stereocenters. The number of likely N-dealkylation sites (N-methyl/N-ethyl adjacent to an activating group) is 1. The second-order valence-corrected chi connectivity index (χ2v) is 2.47. The van der Waals surface area contributed by atoms with Crippen LogP contribution in [0.5, 0.6) is 0 Å². The number of carbonyl (C=O) groups excluding carboxylic acids is 1. The van der Waals surface area contributed by atoms with Gasteiger partial charge in [-0.1, -0.05) is 0 Å². The first-order chi connectivity index (χ1) is 4.16. The molecule has 0 aromatic heterocycles. The van der Waals surface area contributed by atoms with Gasteiger partial charge in [-0.2, -0.15) is 0 Å². The molecule has 1 amide bonds. The van der Waals surface area contributed by atoms with Crippen molar-refractivity contribution in [3.63, 3.8) is 0 Å². The lowest BCUT2D eigenvalue weighted by Gasteiger charge is -2.11. The van der Waals surface area contributed by atoms with Crippen LogP contribution in [0.25, 0.3) is 0 Å². The third-order valence-corrected chi connectivity index (χ3v) is 1.12. The second kappa shape index (κ2) is 4.58. The molecule has 0 fully saturated rings. The monoisotopic (exact) mass is 150 g/mol. The van der Waals surface area contributed by atoms with Crippen molar-refractivity contribution >= 4 is 18.2 Å². The molecule has 0 heterocycles. The first kappa shape index (κ1) is 8.72. The molecule has 54 valence electrons. The lowest BCUT2D eigenvalue weighted by atomic mass is 10.6. The van der Waals surface area contributed by atoms with Crippen LogP contribution in [-0.4, -0.2) is 42.9 Å². The zero-order chi connectivity index (χ0) is 7.28. The van der Waals surface area contributed by atoms with Gasteiger partial charge in [-0.15, -0.1) is 0 Å². The van der Waals surface area contributed by atoms with Crippen LogP contribution < -0.4 is 0 Å². The van der Waals surface area contributed by atoms with Gasteiger partial charge in [0.15, 0.2) is 0 Å². The van der Waals surface area contributed by atoms with Crippen LogP contribution in [0.1, 0.15) is 0 Å². The number of nitrogens with zero attached hydrogens (tertiary/aromatic N) is 2. The van der Waals surface area contributed by atoms with Crippen LogP contribution in [0, 0.1) is 0 Å². The van der Waals surface area contributed by atoms with Crippen LogP contribution in [0.15, 0.2) is 0 Å². The lowest BCUT2D eigenvalue weighted by molar-refractivity contribution is -0.114. The molecule has 9 heavy (non-hydrogen) atoms. The summed E-state index contributed by atoms with van der Waals surface area (Å²) >= 11 is 5.35. The first-order valence-corrected chi connectivity index (χ1v) is 3.03. The minimum absolute atomic E-state index is 0.568. The van der Waals surface area contributed by atoms with E-state index < -0.39 is 0 Å². The van der Waals surface area contributed by atoms with Gasteiger partial charge in [0, 0.05) is 18.3 Å². The normalized spacial score (nSPS) is 9.78. The smallest absolute Gasteiger partial charge is 0.224 e. The number of rotatable bonds is 4. The number of halogens is 1. The lowest BCUT2D eigenvalue weighted by Crippen LogP contribution is -2.24. The molecule has 0 N–H and O–H groups in total. The molecule has 0 aromatic carbocycles. The average Bonchev–Trinajstić information content (AvgIpc) is 1.83. The summed E-state index contributed by atoms with van der Waals surface area (Å²) in [6, 6.07) is 0. The molecule has 0 radical (unpaired) electrons. The molecule has 0 unspecified atom stereocenters. The Morgan fingerprint density at radius 3 is 2.33 bits per heavy atom. The molecule has 0 rings (SSSR count). The molecule has 4 heteroatoms. The highest BCUT2D eigenvalue weighted by atomic mass is 35.5. The zero-order valence-corrected chi connectivity index (χ0v) is 6.43. The number of amides is 1. The highest BCUT2D eigenvalue weighted by Gasteiger charge is 1.95. The fourth-order valence-electron chi connectivity index (χ4n) is 0.348. The van der Waals surface area contributed by atoms with Crippen LogP contribution in [0.4, 0.5) is 0 Å². The predicted octanol–water partition coefficient (Wildman–Crippen LogP) is 0.160. The van der Waals surface area contributed by atoms with E-state index in [4.69, 9.17) is 11.8 Å². The summed E-state index contributed by atoms with van der Waals surface area (Å²) in [5.74, 6) is 0. The van der Waals surface area contributed by atoms with Crippen LogP contribution >= 0.6 is 11.8 Å². The maximum Gasteiger partial charge on any atom is 0.224 e. The molecule has 0 saturated heterocycles. The van der Waals surface area contributed by atoms with E-state index in [0.29, 0.717) is 13.0 Å². The SMILES string of the molecule is CN(C)CCN(Cl)C=O. The van der Waals surface area contributed by atoms with Gasteiger partial charge in [0.25, 0.3) is 0 Å². The van der Waals surface area contributed by atoms with E-state index in [0.717, 1.165) is 11.0 Å². The van der Waals surface area contributed by atoms with E-state index in [1.165, 1.54) is 0 Å². The Balaban J connectivity index is 3.16. The molecule has 0 bridgehead atoms. The summed E-state index contributed by atoms with van der Waals surface area (Å²) < 4.78 is 1.10. The molecule has 3 nitrogen and oxygen atoms in total. The molecule has 0 spiro atoms. The van der Waals surface area contributed by atoms with Crippen molar-refractivity contribution in [3.8, 4) is 0 Å². The highest BCUT2D eigenvalue weighted by Crippen LogP contribution is 1.86. The number of carbonyl (C=O) groups is 1. The Labute approximate surface area is 60.3 Å². The number of hydrogen-bond acceptors (Lipinski definition) is 2. The van der Waals surface area contributed by atoms with Gasteiger partial charge in [-0.05, 0) is 14.1 Å². The average molecular weight is 151 g/mol. The van der Waals surface area contributed by atoms with Crippen molar-refractivity contribution in [2.24, 2.45) is 0 Å². The fraction of sp³-hybridized carbons (Fsp3) is 0.800. The molecular formula is C5H11ClN2O. The van der Waals surface area contributed by atoms with E-state index in [9.17, 15) is 4.79 Å². The quantitative estimate of drug-likeness (QED) is 0.421. The van der Waals surface area contributed by atoms with E-state index in [2.05, 4.69) is 0 Å². The Bertz CT molecular complexity index is 87.0. The summed E-state index contributed by atoms with van der Waals surface area (Å²) in [5, 5.41) is 0. The predicted molar refractivity (Wildman–Crippen MR) is 37.2 cm³/mol. The minimum Gasteiger partial charge on any atom is -0.308 e. The third kappa shape index (κ3) is 5.59. The van der Waals surface area contributed by atoms with Crippen LogP contribution in [-0.2, 0) is 4.79 Å². The molecule has 0 saturated carbocycles. The van der Waals surface area contributed by atoms with Gasteiger partial charge in [-0.25, -0.2) is 0 Å². The molecule has 0 aliphatic heterocycles. The van der Waals surface area contributed by atoms with E-state index >= 15 is 0 Å².